The van der Waals surface area contributed by atoms with E-state index >= 15 is 0 Å². The summed E-state index contributed by atoms with van der Waals surface area (Å²) in [5.74, 6) is -0.166. The average molecular weight is 197 g/mol. The number of aromatic hydroxyl groups is 1. The summed E-state index contributed by atoms with van der Waals surface area (Å²) in [5.41, 5.74) is 2.51. The molecule has 5 heteroatoms. The molecule has 0 aromatic heterocycles. The minimum atomic E-state index is -0.397. The molecule has 0 unspecified atom stereocenters. The van der Waals surface area contributed by atoms with Crippen LogP contribution < -0.4 is 10.2 Å². The van der Waals surface area contributed by atoms with Crippen molar-refractivity contribution in [2.45, 2.75) is 0 Å². The number of hydrogen-bond donors (Lipinski definition) is 2. The molecule has 0 aliphatic heterocycles. The summed E-state index contributed by atoms with van der Waals surface area (Å²) >= 11 is 0. The van der Waals surface area contributed by atoms with Gasteiger partial charge in [0.25, 0.3) is 5.91 Å². The van der Waals surface area contributed by atoms with Crippen LogP contribution in [0.3, 0.4) is 0 Å². The van der Waals surface area contributed by atoms with Gasteiger partial charge in [-0.1, -0.05) is 0 Å². The largest absolute Gasteiger partial charge is 0.504 e. The van der Waals surface area contributed by atoms with E-state index in [1.807, 2.05) is 0 Å². The molecule has 0 saturated carbocycles. The van der Waals surface area contributed by atoms with Gasteiger partial charge in [0, 0.05) is 5.56 Å². The second-order valence-electron chi connectivity index (χ2n) is 2.52. The Morgan fingerprint density at radius 2 is 2.14 bits per heavy atom. The summed E-state index contributed by atoms with van der Waals surface area (Å²) in [6.45, 7) is 0. The van der Waals surface area contributed by atoms with Crippen LogP contribution in [-0.2, 0) is 4.84 Å². The SMILES string of the molecule is CONC(=O)c1ccc(O)c(OC)c1. The Labute approximate surface area is 81.2 Å². The molecule has 1 aromatic carbocycles. The molecule has 0 radical (unpaired) electrons. The monoisotopic (exact) mass is 197 g/mol. The molecule has 5 nitrogen and oxygen atoms in total. The number of carbonyl (C=O) groups is 1. The molecule has 2 N–H and O–H groups in total. The van der Waals surface area contributed by atoms with Crippen molar-refractivity contribution in [1.29, 1.82) is 0 Å². The summed E-state index contributed by atoms with van der Waals surface area (Å²) in [6, 6.07) is 4.26. The Balaban J connectivity index is 2.94. The predicted octanol–water partition coefficient (Wildman–Crippen LogP) is 0.692. The van der Waals surface area contributed by atoms with Gasteiger partial charge in [-0.15, -0.1) is 0 Å². The molecule has 1 amide bonds. The number of phenols is 1. The van der Waals surface area contributed by atoms with Gasteiger partial charge in [0.2, 0.25) is 0 Å². The second kappa shape index (κ2) is 4.48. The fourth-order valence-electron chi connectivity index (χ4n) is 0.970. The minimum absolute atomic E-state index is 0.0125. The van der Waals surface area contributed by atoms with E-state index in [0.29, 0.717) is 5.56 Å². The molecule has 76 valence electrons. The Bertz CT molecular complexity index is 338. The number of carbonyl (C=O) groups excluding carboxylic acids is 1. The molecule has 1 aromatic rings. The van der Waals surface area contributed by atoms with Gasteiger partial charge < -0.3 is 9.84 Å². The second-order valence-corrected chi connectivity index (χ2v) is 2.52. The maximum atomic E-state index is 11.3. The molecular formula is C9H11NO4. The van der Waals surface area contributed by atoms with Crippen LogP contribution >= 0.6 is 0 Å². The molecule has 14 heavy (non-hydrogen) atoms. The van der Waals surface area contributed by atoms with E-state index in [1.165, 1.54) is 32.4 Å². The van der Waals surface area contributed by atoms with Crippen LogP contribution in [0.4, 0.5) is 0 Å². The van der Waals surface area contributed by atoms with Crippen LogP contribution in [0.2, 0.25) is 0 Å². The van der Waals surface area contributed by atoms with Gasteiger partial charge in [-0.05, 0) is 18.2 Å². The van der Waals surface area contributed by atoms with Gasteiger partial charge in [0.05, 0.1) is 14.2 Å². The van der Waals surface area contributed by atoms with Gasteiger partial charge in [-0.3, -0.25) is 9.63 Å². The van der Waals surface area contributed by atoms with Crippen molar-refractivity contribution in [3.8, 4) is 11.5 Å². The van der Waals surface area contributed by atoms with Crippen LogP contribution in [-0.4, -0.2) is 25.2 Å². The third kappa shape index (κ3) is 2.14. The molecule has 0 bridgehead atoms. The quantitative estimate of drug-likeness (QED) is 0.699. The third-order valence-electron chi connectivity index (χ3n) is 1.64. The molecular weight excluding hydrogens is 186 g/mol. The van der Waals surface area contributed by atoms with Crippen LogP contribution in [0.1, 0.15) is 10.4 Å². The first kappa shape index (κ1) is 10.3. The summed E-state index contributed by atoms with van der Waals surface area (Å²) in [6.07, 6.45) is 0. The van der Waals surface area contributed by atoms with Crippen molar-refractivity contribution in [2.75, 3.05) is 14.2 Å². The first-order chi connectivity index (χ1) is 6.69. The Morgan fingerprint density at radius 3 is 2.71 bits per heavy atom. The van der Waals surface area contributed by atoms with E-state index in [-0.39, 0.29) is 11.5 Å². The topological polar surface area (TPSA) is 67.8 Å². The van der Waals surface area contributed by atoms with Gasteiger partial charge in [-0.25, -0.2) is 5.48 Å². The highest BCUT2D eigenvalue weighted by Gasteiger charge is 2.08. The van der Waals surface area contributed by atoms with Crippen molar-refractivity contribution in [3.05, 3.63) is 23.8 Å². The van der Waals surface area contributed by atoms with E-state index < -0.39 is 5.91 Å². The van der Waals surface area contributed by atoms with Crippen molar-refractivity contribution in [3.63, 3.8) is 0 Å². The standard InChI is InChI=1S/C9H11NO4/c1-13-8-5-6(3-4-7(8)11)9(12)10-14-2/h3-5,11H,1-2H3,(H,10,12). The normalized spacial score (nSPS) is 9.57. The highest BCUT2D eigenvalue weighted by molar-refractivity contribution is 5.94. The van der Waals surface area contributed by atoms with Crippen molar-refractivity contribution in [2.24, 2.45) is 0 Å². The lowest BCUT2D eigenvalue weighted by Gasteiger charge is -2.05. The van der Waals surface area contributed by atoms with Gasteiger partial charge in [0.1, 0.15) is 0 Å². The van der Waals surface area contributed by atoms with E-state index in [4.69, 9.17) is 4.74 Å². The number of amides is 1. The van der Waals surface area contributed by atoms with Crippen LogP contribution in [0.15, 0.2) is 18.2 Å². The third-order valence-corrected chi connectivity index (χ3v) is 1.64. The average Bonchev–Trinajstić information content (AvgIpc) is 2.19. The summed E-state index contributed by atoms with van der Waals surface area (Å²) in [4.78, 5) is 15.7. The first-order valence-electron chi connectivity index (χ1n) is 3.89. The number of phenolic OH excluding ortho intramolecular Hbond substituents is 1. The van der Waals surface area contributed by atoms with Crippen molar-refractivity contribution < 1.29 is 19.5 Å². The minimum Gasteiger partial charge on any atom is -0.504 e. The highest BCUT2D eigenvalue weighted by Crippen LogP contribution is 2.25. The number of hydrogen-bond acceptors (Lipinski definition) is 4. The van der Waals surface area contributed by atoms with E-state index in [0.717, 1.165) is 0 Å². The number of hydroxylamine groups is 1. The molecule has 0 spiro atoms. The van der Waals surface area contributed by atoms with E-state index in [9.17, 15) is 9.90 Å². The molecule has 0 fully saturated rings. The Hall–Kier alpha value is -1.75. The summed E-state index contributed by atoms with van der Waals surface area (Å²) in [7, 11) is 2.75. The van der Waals surface area contributed by atoms with Crippen LogP contribution in [0.25, 0.3) is 0 Å². The first-order valence-corrected chi connectivity index (χ1v) is 3.89. The fraction of sp³-hybridized carbons (Fsp3) is 0.222. The van der Waals surface area contributed by atoms with Gasteiger partial charge in [-0.2, -0.15) is 0 Å². The number of ether oxygens (including phenoxy) is 1. The Morgan fingerprint density at radius 1 is 1.43 bits per heavy atom. The van der Waals surface area contributed by atoms with Crippen LogP contribution in [0, 0.1) is 0 Å². The Kier molecular flexibility index (Phi) is 3.30. The zero-order chi connectivity index (χ0) is 10.6. The molecule has 0 aliphatic carbocycles. The zero-order valence-corrected chi connectivity index (χ0v) is 7.90. The molecule has 0 atom stereocenters. The zero-order valence-electron chi connectivity index (χ0n) is 7.90. The number of nitrogens with one attached hydrogen (secondary N) is 1. The number of rotatable bonds is 3. The maximum absolute atomic E-state index is 11.3. The summed E-state index contributed by atoms with van der Waals surface area (Å²) < 4.78 is 4.84. The van der Waals surface area contributed by atoms with Crippen LogP contribution in [0.5, 0.6) is 11.5 Å². The van der Waals surface area contributed by atoms with E-state index in [1.54, 1.807) is 0 Å². The van der Waals surface area contributed by atoms with Crippen molar-refractivity contribution in [1.82, 2.24) is 5.48 Å². The van der Waals surface area contributed by atoms with E-state index in [2.05, 4.69) is 10.3 Å². The lowest BCUT2D eigenvalue weighted by Crippen LogP contribution is -2.21. The number of benzene rings is 1. The van der Waals surface area contributed by atoms with Gasteiger partial charge in [0.15, 0.2) is 11.5 Å². The van der Waals surface area contributed by atoms with Crippen molar-refractivity contribution >= 4 is 5.91 Å². The van der Waals surface area contributed by atoms with Gasteiger partial charge >= 0.3 is 0 Å². The fourth-order valence-corrected chi connectivity index (χ4v) is 0.970. The molecule has 0 heterocycles. The predicted molar refractivity (Wildman–Crippen MR) is 49.1 cm³/mol. The lowest BCUT2D eigenvalue weighted by atomic mass is 10.2. The molecule has 0 saturated heterocycles. The lowest BCUT2D eigenvalue weighted by molar-refractivity contribution is 0.0537. The smallest absolute Gasteiger partial charge is 0.274 e. The molecule has 1 rings (SSSR count). The number of methoxy groups -OCH3 is 1. The highest BCUT2D eigenvalue weighted by atomic mass is 16.6. The summed E-state index contributed by atoms with van der Waals surface area (Å²) in [5, 5.41) is 9.26. The molecule has 0 aliphatic rings. The maximum Gasteiger partial charge on any atom is 0.274 e.